The molecule has 0 spiro atoms. The highest BCUT2D eigenvalue weighted by Crippen LogP contribution is 2.27. The maximum Gasteiger partial charge on any atom is 0.251 e. The largest absolute Gasteiger partial charge is 0.366 e. The lowest BCUT2D eigenvalue weighted by Gasteiger charge is -2.11. The smallest absolute Gasteiger partial charge is 0.251 e. The standard InChI is InChI=1S/C23H21N2O2/c1-15-5-3-7-17(13-15)14-25-23(27)19-11-9-18(10-12-19)21-16(2)6-4-8-20(21)22(24)26/h3-7,9-13H,14H2,1-2H3,(H2,24,26)(H,25,27). The van der Waals surface area contributed by atoms with E-state index in [1.807, 2.05) is 56.3 Å². The fraction of sp³-hybridized carbons (Fsp3) is 0.130. The number of aryl methyl sites for hydroxylation is 2. The van der Waals surface area contributed by atoms with Crippen LogP contribution < -0.4 is 11.1 Å². The Kier molecular flexibility index (Phi) is 5.36. The number of carbonyl (C=O) groups is 2. The van der Waals surface area contributed by atoms with Gasteiger partial charge in [0.25, 0.3) is 5.91 Å². The molecule has 3 aromatic carbocycles. The van der Waals surface area contributed by atoms with Crippen molar-refractivity contribution < 1.29 is 9.59 Å². The molecule has 0 saturated carbocycles. The van der Waals surface area contributed by atoms with Crippen molar-refractivity contribution in [1.29, 1.82) is 0 Å². The topological polar surface area (TPSA) is 72.2 Å². The number of hydrogen-bond donors (Lipinski definition) is 2. The number of primary amides is 1. The van der Waals surface area contributed by atoms with Gasteiger partial charge in [0.05, 0.1) is 5.56 Å². The number of carbonyl (C=O) groups excluding carboxylic acids is 2. The second-order valence-corrected chi connectivity index (χ2v) is 6.52. The number of nitrogens with one attached hydrogen (secondary N) is 1. The van der Waals surface area contributed by atoms with E-state index in [4.69, 9.17) is 5.73 Å². The van der Waals surface area contributed by atoms with Crippen LogP contribution in [0, 0.1) is 19.9 Å². The molecule has 0 atom stereocenters. The lowest BCUT2D eigenvalue weighted by atomic mass is 9.94. The Morgan fingerprint density at radius 1 is 1.04 bits per heavy atom. The van der Waals surface area contributed by atoms with Gasteiger partial charge in [-0.15, -0.1) is 0 Å². The minimum absolute atomic E-state index is 0.144. The monoisotopic (exact) mass is 357 g/mol. The normalized spacial score (nSPS) is 10.4. The predicted molar refractivity (Wildman–Crippen MR) is 106 cm³/mol. The van der Waals surface area contributed by atoms with Gasteiger partial charge in [-0.25, -0.2) is 0 Å². The Hall–Kier alpha value is -3.40. The van der Waals surface area contributed by atoms with E-state index in [-0.39, 0.29) is 5.91 Å². The summed E-state index contributed by atoms with van der Waals surface area (Å²) < 4.78 is 0. The van der Waals surface area contributed by atoms with Gasteiger partial charge < -0.3 is 11.1 Å². The Morgan fingerprint density at radius 2 is 1.78 bits per heavy atom. The summed E-state index contributed by atoms with van der Waals surface area (Å²) in [5.41, 5.74) is 11.1. The molecule has 0 aliphatic heterocycles. The lowest BCUT2D eigenvalue weighted by molar-refractivity contribution is 0.0949. The van der Waals surface area contributed by atoms with Crippen molar-refractivity contribution in [2.24, 2.45) is 5.73 Å². The van der Waals surface area contributed by atoms with Crippen molar-refractivity contribution in [1.82, 2.24) is 5.32 Å². The third-order valence-electron chi connectivity index (χ3n) is 4.42. The number of amides is 2. The van der Waals surface area contributed by atoms with Gasteiger partial charge in [0.2, 0.25) is 5.91 Å². The van der Waals surface area contributed by atoms with Crippen LogP contribution in [0.5, 0.6) is 0 Å². The van der Waals surface area contributed by atoms with Crippen LogP contribution in [0.4, 0.5) is 0 Å². The van der Waals surface area contributed by atoms with Crippen LogP contribution in [-0.2, 0) is 6.54 Å². The summed E-state index contributed by atoms with van der Waals surface area (Å²) in [5.74, 6) is -0.664. The average Bonchev–Trinajstić information content (AvgIpc) is 2.66. The summed E-state index contributed by atoms with van der Waals surface area (Å²) >= 11 is 0. The minimum Gasteiger partial charge on any atom is -0.366 e. The zero-order valence-corrected chi connectivity index (χ0v) is 15.4. The van der Waals surface area contributed by atoms with E-state index in [0.29, 0.717) is 17.7 Å². The molecule has 3 rings (SSSR count). The molecule has 27 heavy (non-hydrogen) atoms. The van der Waals surface area contributed by atoms with Crippen LogP contribution in [0.3, 0.4) is 0 Å². The van der Waals surface area contributed by atoms with E-state index in [1.165, 1.54) is 0 Å². The second kappa shape index (κ2) is 7.87. The van der Waals surface area contributed by atoms with E-state index < -0.39 is 5.91 Å². The number of nitrogens with two attached hydrogens (primary N) is 1. The van der Waals surface area contributed by atoms with E-state index in [2.05, 4.69) is 11.4 Å². The summed E-state index contributed by atoms with van der Waals surface area (Å²) in [6, 6.07) is 21.6. The zero-order valence-electron chi connectivity index (χ0n) is 15.4. The van der Waals surface area contributed by atoms with Gasteiger partial charge in [-0.2, -0.15) is 0 Å². The van der Waals surface area contributed by atoms with Crippen molar-refractivity contribution >= 4 is 11.8 Å². The van der Waals surface area contributed by atoms with Gasteiger partial charge in [0.1, 0.15) is 0 Å². The Balaban J connectivity index is 1.78. The molecule has 0 fully saturated rings. The average molecular weight is 357 g/mol. The maximum absolute atomic E-state index is 12.4. The molecule has 4 nitrogen and oxygen atoms in total. The van der Waals surface area contributed by atoms with Gasteiger partial charge in [-0.3, -0.25) is 9.59 Å². The molecule has 3 N–H and O–H groups in total. The number of hydrogen-bond acceptors (Lipinski definition) is 2. The predicted octanol–water partition coefficient (Wildman–Crippen LogP) is 3.80. The van der Waals surface area contributed by atoms with Gasteiger partial charge in [-0.05, 0) is 54.3 Å². The molecule has 1 radical (unpaired) electrons. The molecular weight excluding hydrogens is 336 g/mol. The van der Waals surface area contributed by atoms with Crippen LogP contribution in [0.15, 0.2) is 60.7 Å². The quantitative estimate of drug-likeness (QED) is 0.729. The van der Waals surface area contributed by atoms with E-state index in [1.54, 1.807) is 18.2 Å². The first-order valence-electron chi connectivity index (χ1n) is 8.71. The molecule has 2 amide bonds. The fourth-order valence-corrected chi connectivity index (χ4v) is 3.06. The molecule has 135 valence electrons. The molecule has 3 aromatic rings. The SMILES string of the molecule is Cc1cccc(CNC(=O)c2ccc(-c3c(C(N)=O)[c]ccc3C)cc2)c1. The van der Waals surface area contributed by atoms with Crippen molar-refractivity contribution in [3.05, 3.63) is 94.5 Å². The summed E-state index contributed by atoms with van der Waals surface area (Å²) in [6.07, 6.45) is 0. The number of benzene rings is 3. The fourth-order valence-electron chi connectivity index (χ4n) is 3.06. The van der Waals surface area contributed by atoms with E-state index >= 15 is 0 Å². The first-order chi connectivity index (χ1) is 13.0. The van der Waals surface area contributed by atoms with Gasteiger partial charge in [0.15, 0.2) is 0 Å². The van der Waals surface area contributed by atoms with Crippen molar-refractivity contribution in [3.63, 3.8) is 0 Å². The van der Waals surface area contributed by atoms with E-state index in [0.717, 1.165) is 27.8 Å². The molecular formula is C23H21N2O2. The molecule has 0 aliphatic rings. The third-order valence-corrected chi connectivity index (χ3v) is 4.42. The first kappa shape index (κ1) is 18.4. The van der Waals surface area contributed by atoms with Crippen LogP contribution >= 0.6 is 0 Å². The highest BCUT2D eigenvalue weighted by atomic mass is 16.2. The summed E-state index contributed by atoms with van der Waals surface area (Å²) in [6.45, 7) is 4.41. The molecule has 0 unspecified atom stereocenters. The van der Waals surface area contributed by atoms with Crippen LogP contribution in [0.1, 0.15) is 37.4 Å². The van der Waals surface area contributed by atoms with Crippen molar-refractivity contribution in [2.45, 2.75) is 20.4 Å². The Labute approximate surface area is 159 Å². The third kappa shape index (κ3) is 4.23. The summed E-state index contributed by atoms with van der Waals surface area (Å²) in [5, 5.41) is 2.92. The molecule has 0 aliphatic carbocycles. The molecule has 4 heteroatoms. The number of rotatable bonds is 5. The van der Waals surface area contributed by atoms with Crippen molar-refractivity contribution in [3.8, 4) is 11.1 Å². The molecule has 0 heterocycles. The molecule has 0 aromatic heterocycles. The van der Waals surface area contributed by atoms with E-state index in [9.17, 15) is 9.59 Å². The van der Waals surface area contributed by atoms with Gasteiger partial charge in [0, 0.05) is 12.1 Å². The highest BCUT2D eigenvalue weighted by molar-refractivity contribution is 6.01. The van der Waals surface area contributed by atoms with Crippen LogP contribution in [-0.4, -0.2) is 11.8 Å². The van der Waals surface area contributed by atoms with Crippen molar-refractivity contribution in [2.75, 3.05) is 0 Å². The van der Waals surface area contributed by atoms with Crippen LogP contribution in [0.25, 0.3) is 11.1 Å². The zero-order chi connectivity index (χ0) is 19.4. The molecule has 0 bridgehead atoms. The first-order valence-corrected chi connectivity index (χ1v) is 8.71. The summed E-state index contributed by atoms with van der Waals surface area (Å²) in [4.78, 5) is 24.1. The Bertz CT molecular complexity index is 992. The summed E-state index contributed by atoms with van der Waals surface area (Å²) in [7, 11) is 0. The lowest BCUT2D eigenvalue weighted by Crippen LogP contribution is -2.22. The van der Waals surface area contributed by atoms with Crippen LogP contribution in [0.2, 0.25) is 0 Å². The highest BCUT2D eigenvalue weighted by Gasteiger charge is 2.13. The van der Waals surface area contributed by atoms with Gasteiger partial charge in [-0.1, -0.05) is 54.1 Å². The Morgan fingerprint density at radius 3 is 2.44 bits per heavy atom. The minimum atomic E-state index is -0.520. The maximum atomic E-state index is 12.4. The van der Waals surface area contributed by atoms with Gasteiger partial charge >= 0.3 is 0 Å². The second-order valence-electron chi connectivity index (χ2n) is 6.52. The molecule has 0 saturated heterocycles.